The average Bonchev–Trinajstić information content (AvgIpc) is 3.08. The third-order valence-electron chi connectivity index (χ3n) is 4.23. The first kappa shape index (κ1) is 17.2. The normalized spacial score (nSPS) is 15.0. The zero-order valence-corrected chi connectivity index (χ0v) is 15.0. The number of amides is 1. The summed E-state index contributed by atoms with van der Waals surface area (Å²) in [5.74, 6) is 0.570. The summed E-state index contributed by atoms with van der Waals surface area (Å²) in [4.78, 5) is 27.0. The molecular weight excluding hydrogens is 338 g/mol. The first-order chi connectivity index (χ1) is 12.1. The molecule has 0 saturated carbocycles. The fourth-order valence-electron chi connectivity index (χ4n) is 2.85. The maximum atomic E-state index is 12.3. The summed E-state index contributed by atoms with van der Waals surface area (Å²) >= 11 is 1.45. The van der Waals surface area contributed by atoms with Crippen LogP contribution in [0.2, 0.25) is 0 Å². The van der Waals surface area contributed by atoms with E-state index in [0.29, 0.717) is 22.2 Å². The van der Waals surface area contributed by atoms with Gasteiger partial charge in [-0.15, -0.1) is 0 Å². The molecule has 1 N–H and O–H groups in total. The third kappa shape index (κ3) is 3.74. The molecule has 3 rings (SSSR count). The van der Waals surface area contributed by atoms with E-state index >= 15 is 0 Å². The van der Waals surface area contributed by atoms with Gasteiger partial charge in [-0.05, 0) is 19.1 Å². The van der Waals surface area contributed by atoms with Gasteiger partial charge >= 0.3 is 0 Å². The van der Waals surface area contributed by atoms with Gasteiger partial charge in [0.2, 0.25) is 0 Å². The molecule has 0 aliphatic carbocycles. The molecule has 0 unspecified atom stereocenters. The number of rotatable bonds is 4. The van der Waals surface area contributed by atoms with Gasteiger partial charge < -0.3 is 14.8 Å². The Balaban J connectivity index is 1.63. The number of carbonyl (C=O) groups excluding carboxylic acids is 1. The van der Waals surface area contributed by atoms with Gasteiger partial charge in [-0.3, -0.25) is 4.79 Å². The van der Waals surface area contributed by atoms with Crippen molar-refractivity contribution in [1.29, 1.82) is 5.26 Å². The van der Waals surface area contributed by atoms with E-state index in [4.69, 9.17) is 0 Å². The van der Waals surface area contributed by atoms with Gasteiger partial charge in [-0.2, -0.15) is 5.26 Å². The van der Waals surface area contributed by atoms with Gasteiger partial charge in [0.15, 0.2) is 11.0 Å². The fraction of sp³-hybridized carbons (Fsp3) is 0.438. The summed E-state index contributed by atoms with van der Waals surface area (Å²) in [6.45, 7) is 1.46. The Kier molecular flexibility index (Phi) is 5.19. The molecule has 0 aromatic carbocycles. The lowest BCUT2D eigenvalue weighted by atomic mass is 10.0. The molecule has 1 fully saturated rings. The highest BCUT2D eigenvalue weighted by atomic mass is 32.2. The molecule has 0 atom stereocenters. The molecule has 25 heavy (non-hydrogen) atoms. The lowest BCUT2D eigenvalue weighted by Crippen LogP contribution is -2.45. The lowest BCUT2D eigenvalue weighted by molar-refractivity contribution is 0.0923. The summed E-state index contributed by atoms with van der Waals surface area (Å²) in [6, 6.07) is 2.26. The standard InChI is InChI=1S/C16H19N7OS/c1-22-10-18-9-13(22)15(24)20-12-3-5-23(6-4-12)14-11(7-17)8-19-16(21-14)25-2/h8-10,12H,3-6H2,1-2H3,(H,20,24). The Morgan fingerprint density at radius 1 is 1.40 bits per heavy atom. The van der Waals surface area contributed by atoms with Crippen molar-refractivity contribution in [2.45, 2.75) is 24.0 Å². The highest BCUT2D eigenvalue weighted by Gasteiger charge is 2.24. The first-order valence-corrected chi connectivity index (χ1v) is 9.18. The van der Waals surface area contributed by atoms with Crippen LogP contribution in [0.4, 0.5) is 5.82 Å². The second-order valence-electron chi connectivity index (χ2n) is 5.83. The van der Waals surface area contributed by atoms with Crippen LogP contribution in [0.1, 0.15) is 28.9 Å². The number of aryl methyl sites for hydroxylation is 1. The summed E-state index contributed by atoms with van der Waals surface area (Å²) in [6.07, 6.45) is 8.25. The van der Waals surface area contributed by atoms with Crippen LogP contribution in [-0.2, 0) is 7.05 Å². The number of nitrogens with one attached hydrogen (secondary N) is 1. The van der Waals surface area contributed by atoms with Gasteiger partial charge in [0.25, 0.3) is 5.91 Å². The Morgan fingerprint density at radius 3 is 2.76 bits per heavy atom. The van der Waals surface area contributed by atoms with Gasteiger partial charge in [0.05, 0.1) is 18.7 Å². The van der Waals surface area contributed by atoms with Crippen molar-refractivity contribution < 1.29 is 4.79 Å². The minimum atomic E-state index is -0.108. The fourth-order valence-corrected chi connectivity index (χ4v) is 3.18. The Hall–Kier alpha value is -2.60. The van der Waals surface area contributed by atoms with E-state index in [0.717, 1.165) is 25.9 Å². The van der Waals surface area contributed by atoms with E-state index in [2.05, 4.69) is 31.2 Å². The highest BCUT2D eigenvalue weighted by molar-refractivity contribution is 7.98. The van der Waals surface area contributed by atoms with E-state index in [1.54, 1.807) is 30.3 Å². The number of carbonyl (C=O) groups is 1. The van der Waals surface area contributed by atoms with Crippen molar-refractivity contribution in [3.05, 3.63) is 30.0 Å². The van der Waals surface area contributed by atoms with Crippen molar-refractivity contribution in [1.82, 2.24) is 24.8 Å². The molecule has 9 heteroatoms. The number of aromatic nitrogens is 4. The largest absolute Gasteiger partial charge is 0.355 e. The van der Waals surface area contributed by atoms with Crippen molar-refractivity contribution in [3.63, 3.8) is 0 Å². The molecule has 1 amide bonds. The molecule has 3 heterocycles. The minimum Gasteiger partial charge on any atom is -0.355 e. The van der Waals surface area contributed by atoms with Crippen molar-refractivity contribution in [2.75, 3.05) is 24.2 Å². The first-order valence-electron chi connectivity index (χ1n) is 7.95. The number of anilines is 1. The summed E-state index contributed by atoms with van der Waals surface area (Å²) in [7, 11) is 1.80. The zero-order chi connectivity index (χ0) is 17.8. The molecule has 0 radical (unpaired) electrons. The van der Waals surface area contributed by atoms with Crippen LogP contribution in [0.3, 0.4) is 0 Å². The molecule has 1 saturated heterocycles. The zero-order valence-electron chi connectivity index (χ0n) is 14.1. The summed E-state index contributed by atoms with van der Waals surface area (Å²) in [5, 5.41) is 13.0. The van der Waals surface area contributed by atoms with E-state index in [-0.39, 0.29) is 11.9 Å². The number of hydrogen-bond acceptors (Lipinski definition) is 7. The molecule has 130 valence electrons. The number of nitriles is 1. The summed E-state index contributed by atoms with van der Waals surface area (Å²) in [5.41, 5.74) is 1.03. The molecule has 1 aliphatic heterocycles. The van der Waals surface area contributed by atoms with E-state index < -0.39 is 0 Å². The van der Waals surface area contributed by atoms with Gasteiger partial charge in [-0.25, -0.2) is 15.0 Å². The number of imidazole rings is 1. The summed E-state index contributed by atoms with van der Waals surface area (Å²) < 4.78 is 1.70. The number of piperidine rings is 1. The van der Waals surface area contributed by atoms with Crippen LogP contribution in [0.5, 0.6) is 0 Å². The Labute approximate surface area is 150 Å². The number of thioether (sulfide) groups is 1. The molecule has 0 spiro atoms. The van der Waals surface area contributed by atoms with Crippen LogP contribution in [-0.4, -0.2) is 50.8 Å². The number of nitrogens with zero attached hydrogens (tertiary/aromatic N) is 6. The van der Waals surface area contributed by atoms with E-state index in [9.17, 15) is 10.1 Å². The SMILES string of the molecule is CSc1ncc(C#N)c(N2CCC(NC(=O)c3cncn3C)CC2)n1. The van der Waals surface area contributed by atoms with E-state index in [1.165, 1.54) is 11.8 Å². The third-order valence-corrected chi connectivity index (χ3v) is 4.79. The molecule has 8 nitrogen and oxygen atoms in total. The lowest BCUT2D eigenvalue weighted by Gasteiger charge is -2.33. The van der Waals surface area contributed by atoms with Crippen LogP contribution in [0.15, 0.2) is 23.9 Å². The maximum Gasteiger partial charge on any atom is 0.269 e. The average molecular weight is 357 g/mol. The minimum absolute atomic E-state index is 0.103. The van der Waals surface area contributed by atoms with Crippen molar-refractivity contribution in [2.24, 2.45) is 7.05 Å². The molecule has 2 aromatic heterocycles. The monoisotopic (exact) mass is 357 g/mol. The second kappa shape index (κ2) is 7.53. The van der Waals surface area contributed by atoms with Gasteiger partial charge in [0.1, 0.15) is 17.3 Å². The smallest absolute Gasteiger partial charge is 0.269 e. The predicted octanol–water partition coefficient (Wildman–Crippen LogP) is 1.20. The molecule has 1 aliphatic rings. The molecular formula is C16H19N7OS. The van der Waals surface area contributed by atoms with Crippen LogP contribution in [0.25, 0.3) is 0 Å². The topological polar surface area (TPSA) is 99.7 Å². The van der Waals surface area contributed by atoms with Crippen LogP contribution >= 0.6 is 11.8 Å². The Bertz CT molecular complexity index is 805. The van der Waals surface area contributed by atoms with Gasteiger partial charge in [-0.1, -0.05) is 11.8 Å². The van der Waals surface area contributed by atoms with E-state index in [1.807, 2.05) is 6.26 Å². The Morgan fingerprint density at radius 2 is 2.16 bits per heavy atom. The van der Waals surface area contributed by atoms with Crippen molar-refractivity contribution in [3.8, 4) is 6.07 Å². The van der Waals surface area contributed by atoms with Gasteiger partial charge in [0, 0.05) is 26.2 Å². The number of hydrogen-bond donors (Lipinski definition) is 1. The predicted molar refractivity (Wildman–Crippen MR) is 94.4 cm³/mol. The van der Waals surface area contributed by atoms with Crippen molar-refractivity contribution >= 4 is 23.5 Å². The maximum absolute atomic E-state index is 12.3. The molecule has 0 bridgehead atoms. The highest BCUT2D eigenvalue weighted by Crippen LogP contribution is 2.23. The van der Waals surface area contributed by atoms with Crippen LogP contribution in [0, 0.1) is 11.3 Å². The van der Waals surface area contributed by atoms with Crippen LogP contribution < -0.4 is 10.2 Å². The quantitative estimate of drug-likeness (QED) is 0.648. The second-order valence-corrected chi connectivity index (χ2v) is 6.60. The molecule has 2 aromatic rings.